The van der Waals surface area contributed by atoms with Crippen LogP contribution in [0, 0.1) is 11.8 Å². The number of rotatable bonds is 19. The summed E-state index contributed by atoms with van der Waals surface area (Å²) >= 11 is 0. The quantitative estimate of drug-likeness (QED) is 0.0739. The van der Waals surface area contributed by atoms with Gasteiger partial charge in [0.1, 0.15) is 17.5 Å². The fraction of sp³-hybridized carbons (Fsp3) is 0.316. The number of esters is 1. The van der Waals surface area contributed by atoms with E-state index in [0.29, 0.717) is 35.4 Å². The molecule has 0 aliphatic rings. The number of hydrogen-bond donors (Lipinski definition) is 3. The number of methoxy groups -OCH3 is 1. The minimum atomic E-state index is -1.16. The Hall–Kier alpha value is -5.06. The van der Waals surface area contributed by atoms with Crippen LogP contribution in [0.25, 0.3) is 11.1 Å². The minimum Gasteiger partial charge on any atom is -0.455 e. The van der Waals surface area contributed by atoms with Gasteiger partial charge in [0.25, 0.3) is 0 Å². The summed E-state index contributed by atoms with van der Waals surface area (Å²) in [5.74, 6) is -3.13. The molecule has 252 valence electrons. The zero-order valence-electron chi connectivity index (χ0n) is 27.1. The van der Waals surface area contributed by atoms with Crippen LogP contribution < -0.4 is 10.6 Å². The molecule has 4 rings (SSSR count). The van der Waals surface area contributed by atoms with E-state index in [-0.39, 0.29) is 26.1 Å². The molecule has 0 fully saturated rings. The molecule has 10 heteroatoms. The number of benzene rings is 3. The number of oxazole rings is 1. The molecule has 0 bridgehead atoms. The third-order valence-electron chi connectivity index (χ3n) is 7.88. The van der Waals surface area contributed by atoms with Crippen molar-refractivity contribution in [3.8, 4) is 0 Å². The Morgan fingerprint density at radius 1 is 0.875 bits per heavy atom. The van der Waals surface area contributed by atoms with Crippen LogP contribution in [0.2, 0.25) is 0 Å². The number of fused-ring (bicyclic) bond motifs is 1. The van der Waals surface area contributed by atoms with E-state index in [4.69, 9.17) is 13.9 Å². The van der Waals surface area contributed by atoms with Crippen molar-refractivity contribution in [1.82, 2.24) is 15.6 Å². The average molecular weight is 654 g/mol. The lowest BCUT2D eigenvalue weighted by molar-refractivity contribution is -0.158. The van der Waals surface area contributed by atoms with E-state index in [0.717, 1.165) is 5.56 Å². The first-order valence-corrected chi connectivity index (χ1v) is 15.9. The molecule has 4 aromatic rings. The fourth-order valence-corrected chi connectivity index (χ4v) is 5.46. The molecule has 0 saturated heterocycles. The molecule has 1 heterocycles. The fourth-order valence-electron chi connectivity index (χ4n) is 5.46. The number of nitrogens with zero attached hydrogens (tertiary/aromatic N) is 1. The third kappa shape index (κ3) is 9.97. The first kappa shape index (κ1) is 35.8. The monoisotopic (exact) mass is 653 g/mol. The van der Waals surface area contributed by atoms with Crippen molar-refractivity contribution < 1.29 is 33.4 Å². The number of para-hydroxylation sites is 2. The number of allylic oxidation sites excluding steroid dienone is 2. The summed E-state index contributed by atoms with van der Waals surface area (Å²) in [4.78, 5) is 45.5. The van der Waals surface area contributed by atoms with Gasteiger partial charge in [0.05, 0.1) is 31.2 Å². The molecule has 0 spiro atoms. The summed E-state index contributed by atoms with van der Waals surface area (Å²) in [5, 5.41) is 15.7. The number of aromatic nitrogens is 1. The molecule has 0 aliphatic carbocycles. The lowest BCUT2D eigenvalue weighted by Crippen LogP contribution is -2.51. The molecule has 3 N–H and O–H groups in total. The summed E-state index contributed by atoms with van der Waals surface area (Å²) in [6.45, 7) is 7.21. The maximum atomic E-state index is 13.8. The van der Waals surface area contributed by atoms with Crippen LogP contribution in [0.1, 0.15) is 36.0 Å². The first-order valence-electron chi connectivity index (χ1n) is 15.9. The zero-order valence-corrected chi connectivity index (χ0v) is 27.1. The van der Waals surface area contributed by atoms with Gasteiger partial charge < -0.3 is 29.6 Å². The van der Waals surface area contributed by atoms with Crippen LogP contribution in [0.5, 0.6) is 0 Å². The van der Waals surface area contributed by atoms with Gasteiger partial charge in [-0.3, -0.25) is 14.4 Å². The van der Waals surface area contributed by atoms with Gasteiger partial charge >= 0.3 is 5.97 Å². The Balaban J connectivity index is 1.53. The Labute approximate surface area is 280 Å². The van der Waals surface area contributed by atoms with Gasteiger partial charge in [-0.25, -0.2) is 4.98 Å². The molecule has 10 nitrogen and oxygen atoms in total. The minimum absolute atomic E-state index is 0.0223. The normalized spacial score (nSPS) is 14.2. The van der Waals surface area contributed by atoms with Crippen molar-refractivity contribution >= 4 is 28.9 Å². The van der Waals surface area contributed by atoms with Gasteiger partial charge in [0.15, 0.2) is 11.5 Å². The summed E-state index contributed by atoms with van der Waals surface area (Å²) in [5.41, 5.74) is 2.86. The molecule has 1 unspecified atom stereocenters. The molecular weight excluding hydrogens is 610 g/mol. The maximum Gasteiger partial charge on any atom is 0.310 e. The molecule has 1 aromatic heterocycles. The third-order valence-corrected chi connectivity index (χ3v) is 7.88. The Kier molecular flexibility index (Phi) is 13.7. The molecule has 48 heavy (non-hydrogen) atoms. The Morgan fingerprint density at radius 3 is 2.17 bits per heavy atom. The lowest BCUT2D eigenvalue weighted by Gasteiger charge is -2.30. The smallest absolute Gasteiger partial charge is 0.310 e. The van der Waals surface area contributed by atoms with Crippen LogP contribution in [0.4, 0.5) is 0 Å². The van der Waals surface area contributed by atoms with E-state index in [9.17, 15) is 19.5 Å². The number of aliphatic hydroxyl groups excluding tert-OH is 1. The van der Waals surface area contributed by atoms with E-state index in [2.05, 4.69) is 28.8 Å². The van der Waals surface area contributed by atoms with Crippen LogP contribution in [-0.2, 0) is 36.7 Å². The van der Waals surface area contributed by atoms with Crippen molar-refractivity contribution in [3.63, 3.8) is 0 Å². The zero-order chi connectivity index (χ0) is 34.3. The average Bonchev–Trinajstić information content (AvgIpc) is 3.52. The SMILES string of the molecule is C=CCC(C(=O)N[C@@H](CO)Cc1ccccc1)C(=O)N[C@@H](COC)[C@@H](OC(=O)[C@H](CC=C)Cc1nc2ccccc2o1)c1ccccc1. The summed E-state index contributed by atoms with van der Waals surface area (Å²) in [7, 11) is 1.47. The number of nitrogens with one attached hydrogen (secondary N) is 2. The second-order valence-electron chi connectivity index (χ2n) is 11.5. The molecule has 0 saturated carbocycles. The van der Waals surface area contributed by atoms with E-state index in [1.54, 1.807) is 30.3 Å². The molecule has 2 amide bonds. The molecule has 3 aromatic carbocycles. The molecule has 0 radical (unpaired) electrons. The van der Waals surface area contributed by atoms with Gasteiger partial charge in [0, 0.05) is 13.5 Å². The lowest BCUT2D eigenvalue weighted by atomic mass is 9.97. The topological polar surface area (TPSA) is 140 Å². The highest BCUT2D eigenvalue weighted by Crippen LogP contribution is 2.27. The highest BCUT2D eigenvalue weighted by atomic mass is 16.5. The molecule has 5 atom stereocenters. The number of amides is 2. The van der Waals surface area contributed by atoms with Crippen LogP contribution >= 0.6 is 0 Å². The highest BCUT2D eigenvalue weighted by Gasteiger charge is 2.35. The van der Waals surface area contributed by atoms with Gasteiger partial charge in [-0.05, 0) is 42.5 Å². The van der Waals surface area contributed by atoms with Gasteiger partial charge in [-0.1, -0.05) is 84.9 Å². The van der Waals surface area contributed by atoms with Crippen molar-refractivity contribution in [2.75, 3.05) is 20.3 Å². The Bertz CT molecular complexity index is 1610. The number of ether oxygens (including phenoxy) is 2. The number of hydrogen-bond acceptors (Lipinski definition) is 8. The first-order chi connectivity index (χ1) is 23.4. The van der Waals surface area contributed by atoms with Crippen molar-refractivity contribution in [2.45, 2.75) is 43.9 Å². The second kappa shape index (κ2) is 18.3. The number of carbonyl (C=O) groups excluding carboxylic acids is 3. The second-order valence-corrected chi connectivity index (χ2v) is 11.5. The Morgan fingerprint density at radius 2 is 1.52 bits per heavy atom. The largest absolute Gasteiger partial charge is 0.455 e. The maximum absolute atomic E-state index is 13.8. The highest BCUT2D eigenvalue weighted by molar-refractivity contribution is 6.00. The van der Waals surface area contributed by atoms with E-state index < -0.39 is 47.8 Å². The summed E-state index contributed by atoms with van der Waals surface area (Å²) in [6.07, 6.45) is 3.07. The standard InChI is InChI=1S/C38H43N3O7/c1-4-14-28(23-34-40-31-20-12-13-21-33(31)47-34)38(45)48-35(27-18-10-7-11-19-27)32(25-46-3)41-37(44)30(15-5-2)36(43)39-29(24-42)22-26-16-8-6-9-17-26/h4-13,16-21,28-30,32,35,42H,1-2,14-15,22-25H2,3H3,(H,39,43)(H,41,44)/t28-,29-,30?,32+,35+/m1/s1. The van der Waals surface area contributed by atoms with Gasteiger partial charge in [0.2, 0.25) is 11.8 Å². The van der Waals surface area contributed by atoms with Crippen LogP contribution in [0.3, 0.4) is 0 Å². The summed E-state index contributed by atoms with van der Waals surface area (Å²) in [6, 6.07) is 24.3. The summed E-state index contributed by atoms with van der Waals surface area (Å²) < 4.78 is 17.5. The van der Waals surface area contributed by atoms with Crippen molar-refractivity contribution in [2.24, 2.45) is 11.8 Å². The number of carbonyl (C=O) groups is 3. The molecule has 0 aliphatic heterocycles. The van der Waals surface area contributed by atoms with Gasteiger partial charge in [-0.2, -0.15) is 0 Å². The van der Waals surface area contributed by atoms with E-state index >= 15 is 0 Å². The predicted molar refractivity (Wildman–Crippen MR) is 183 cm³/mol. The predicted octanol–water partition coefficient (Wildman–Crippen LogP) is 4.89. The van der Waals surface area contributed by atoms with E-state index in [1.807, 2.05) is 60.7 Å². The molecular formula is C38H43N3O7. The van der Waals surface area contributed by atoms with Crippen molar-refractivity contribution in [3.05, 3.63) is 127 Å². The van der Waals surface area contributed by atoms with Crippen LogP contribution in [0.15, 0.2) is 115 Å². The van der Waals surface area contributed by atoms with Gasteiger partial charge in [-0.15, -0.1) is 13.2 Å². The number of aliphatic hydroxyl groups is 1. The van der Waals surface area contributed by atoms with Crippen molar-refractivity contribution in [1.29, 1.82) is 0 Å². The van der Waals surface area contributed by atoms with E-state index in [1.165, 1.54) is 13.2 Å². The van der Waals surface area contributed by atoms with Crippen LogP contribution in [-0.4, -0.2) is 60.3 Å².